The lowest BCUT2D eigenvalue weighted by molar-refractivity contribution is 0.397. The monoisotopic (exact) mass is 268 g/mol. The van der Waals surface area contributed by atoms with Gasteiger partial charge in [-0.3, -0.25) is 0 Å². The average molecular weight is 268 g/mol. The number of imidazole rings is 1. The summed E-state index contributed by atoms with van der Waals surface area (Å²) >= 11 is 0. The molecule has 1 saturated heterocycles. The summed E-state index contributed by atoms with van der Waals surface area (Å²) in [6.45, 7) is 1.18. The van der Waals surface area contributed by atoms with E-state index in [9.17, 15) is 0 Å². The predicted molar refractivity (Wildman–Crippen MR) is 77.4 cm³/mol. The fourth-order valence-corrected chi connectivity index (χ4v) is 4.33. The first-order valence-corrected chi connectivity index (χ1v) is 7.98. The van der Waals surface area contributed by atoms with Crippen LogP contribution in [0.1, 0.15) is 50.0 Å². The van der Waals surface area contributed by atoms with Crippen molar-refractivity contribution >= 4 is 11.2 Å². The predicted octanol–water partition coefficient (Wildman–Crippen LogP) is 2.83. The minimum absolute atomic E-state index is 0.456. The molecule has 0 radical (unpaired) electrons. The molecule has 1 aliphatic heterocycles. The topological polar surface area (TPSA) is 42.7 Å². The summed E-state index contributed by atoms with van der Waals surface area (Å²) in [5.41, 5.74) is 2.16. The molecule has 3 unspecified atom stereocenters. The molecular weight excluding hydrogens is 248 g/mol. The smallest absolute Gasteiger partial charge is 0.160 e. The lowest BCUT2D eigenvalue weighted by Crippen LogP contribution is -2.22. The molecule has 3 heterocycles. The van der Waals surface area contributed by atoms with Crippen molar-refractivity contribution in [2.75, 3.05) is 6.54 Å². The highest BCUT2D eigenvalue weighted by molar-refractivity contribution is 5.71. The summed E-state index contributed by atoms with van der Waals surface area (Å²) in [6.07, 6.45) is 8.63. The quantitative estimate of drug-likeness (QED) is 0.910. The van der Waals surface area contributed by atoms with Gasteiger partial charge in [-0.05, 0) is 56.2 Å². The van der Waals surface area contributed by atoms with Crippen molar-refractivity contribution in [1.29, 1.82) is 0 Å². The summed E-state index contributed by atoms with van der Waals surface area (Å²) in [5.74, 6) is 2.93. The fraction of sp³-hybridized carbons (Fsp3) is 0.625. The molecule has 4 nitrogen and oxygen atoms in total. The van der Waals surface area contributed by atoms with Crippen molar-refractivity contribution in [1.82, 2.24) is 19.9 Å². The SMILES string of the molecule is c1cnc2c(c1)nc(C1NCC3CCCC31)n2C1CC1. The Kier molecular flexibility index (Phi) is 2.28. The van der Waals surface area contributed by atoms with E-state index in [2.05, 4.69) is 20.9 Å². The van der Waals surface area contributed by atoms with Gasteiger partial charge < -0.3 is 9.88 Å². The number of pyridine rings is 1. The van der Waals surface area contributed by atoms with Gasteiger partial charge in [0.15, 0.2) is 5.65 Å². The first kappa shape index (κ1) is 11.3. The average Bonchev–Trinajstić information content (AvgIpc) is 2.92. The highest BCUT2D eigenvalue weighted by Crippen LogP contribution is 2.47. The van der Waals surface area contributed by atoms with Gasteiger partial charge in [-0.1, -0.05) is 6.42 Å². The standard InChI is InChI=1S/C16H20N4/c1-3-10-9-18-14(12(10)4-1)16-19-13-5-2-8-17-15(13)20(16)11-6-7-11/h2,5,8,10-12,14,18H,1,3-4,6-7,9H2. The summed E-state index contributed by atoms with van der Waals surface area (Å²) in [7, 11) is 0. The van der Waals surface area contributed by atoms with E-state index in [1.54, 1.807) is 0 Å². The van der Waals surface area contributed by atoms with Crippen molar-refractivity contribution < 1.29 is 0 Å². The van der Waals surface area contributed by atoms with Crippen molar-refractivity contribution in [3.63, 3.8) is 0 Å². The highest BCUT2D eigenvalue weighted by atomic mass is 15.2. The van der Waals surface area contributed by atoms with Gasteiger partial charge in [-0.15, -0.1) is 0 Å². The van der Waals surface area contributed by atoms with Gasteiger partial charge in [0.05, 0.1) is 6.04 Å². The Morgan fingerprint density at radius 2 is 2.15 bits per heavy atom. The van der Waals surface area contributed by atoms with Crippen LogP contribution < -0.4 is 5.32 Å². The number of aromatic nitrogens is 3. The molecular formula is C16H20N4. The summed E-state index contributed by atoms with van der Waals surface area (Å²) < 4.78 is 2.44. The van der Waals surface area contributed by atoms with Crippen LogP contribution in [0.4, 0.5) is 0 Å². The van der Waals surface area contributed by atoms with Gasteiger partial charge in [-0.25, -0.2) is 9.97 Å². The molecule has 2 aromatic heterocycles. The third-order valence-corrected chi connectivity index (χ3v) is 5.41. The van der Waals surface area contributed by atoms with E-state index in [-0.39, 0.29) is 0 Å². The molecule has 20 heavy (non-hydrogen) atoms. The first-order chi connectivity index (χ1) is 9.92. The zero-order valence-electron chi connectivity index (χ0n) is 11.6. The van der Waals surface area contributed by atoms with Crippen LogP contribution in [-0.4, -0.2) is 21.1 Å². The van der Waals surface area contributed by atoms with Crippen LogP contribution in [-0.2, 0) is 0 Å². The molecule has 3 atom stereocenters. The molecule has 104 valence electrons. The Morgan fingerprint density at radius 1 is 1.20 bits per heavy atom. The molecule has 5 rings (SSSR count). The molecule has 3 aliphatic rings. The lowest BCUT2D eigenvalue weighted by Gasteiger charge is -2.19. The van der Waals surface area contributed by atoms with Gasteiger partial charge in [0.2, 0.25) is 0 Å². The van der Waals surface area contributed by atoms with Crippen LogP contribution in [0.25, 0.3) is 11.2 Å². The summed E-state index contributed by atoms with van der Waals surface area (Å²) in [6, 6.07) is 5.20. The van der Waals surface area contributed by atoms with Crippen LogP contribution in [0.2, 0.25) is 0 Å². The normalized spacial score (nSPS) is 32.9. The fourth-order valence-electron chi connectivity index (χ4n) is 4.33. The van der Waals surface area contributed by atoms with E-state index in [1.165, 1.54) is 44.5 Å². The van der Waals surface area contributed by atoms with E-state index >= 15 is 0 Å². The number of nitrogens with zero attached hydrogens (tertiary/aromatic N) is 3. The van der Waals surface area contributed by atoms with Gasteiger partial charge in [0.25, 0.3) is 0 Å². The van der Waals surface area contributed by atoms with Crippen LogP contribution in [0.15, 0.2) is 18.3 Å². The zero-order valence-corrected chi connectivity index (χ0v) is 11.6. The number of fused-ring (bicyclic) bond motifs is 2. The van der Waals surface area contributed by atoms with E-state index in [4.69, 9.17) is 4.98 Å². The van der Waals surface area contributed by atoms with E-state index in [0.717, 1.165) is 23.0 Å². The second-order valence-electron chi connectivity index (χ2n) is 6.66. The second-order valence-corrected chi connectivity index (χ2v) is 6.66. The molecule has 0 aromatic carbocycles. The van der Waals surface area contributed by atoms with Crippen LogP contribution in [0.3, 0.4) is 0 Å². The maximum atomic E-state index is 4.95. The second kappa shape index (κ2) is 4.04. The highest BCUT2D eigenvalue weighted by Gasteiger charge is 2.43. The van der Waals surface area contributed by atoms with Gasteiger partial charge >= 0.3 is 0 Å². The molecule has 2 aromatic rings. The van der Waals surface area contributed by atoms with Gasteiger partial charge in [0.1, 0.15) is 11.3 Å². The van der Waals surface area contributed by atoms with Crippen LogP contribution in [0.5, 0.6) is 0 Å². The molecule has 1 N–H and O–H groups in total. The molecule has 0 spiro atoms. The van der Waals surface area contributed by atoms with Crippen molar-refractivity contribution in [2.45, 2.75) is 44.2 Å². The third-order valence-electron chi connectivity index (χ3n) is 5.41. The minimum atomic E-state index is 0.456. The molecule has 2 saturated carbocycles. The number of rotatable bonds is 2. The Balaban J connectivity index is 1.66. The van der Waals surface area contributed by atoms with Crippen LogP contribution in [0, 0.1) is 11.8 Å². The molecule has 2 aliphatic carbocycles. The molecule has 0 bridgehead atoms. The largest absolute Gasteiger partial charge is 0.308 e. The van der Waals surface area contributed by atoms with Crippen molar-refractivity contribution in [3.8, 4) is 0 Å². The Morgan fingerprint density at radius 3 is 3.05 bits per heavy atom. The maximum absolute atomic E-state index is 4.95. The third kappa shape index (κ3) is 1.51. The van der Waals surface area contributed by atoms with E-state index in [1.807, 2.05) is 12.3 Å². The van der Waals surface area contributed by atoms with Crippen molar-refractivity contribution in [2.24, 2.45) is 11.8 Å². The Hall–Kier alpha value is -1.42. The summed E-state index contributed by atoms with van der Waals surface area (Å²) in [5, 5.41) is 3.75. The Bertz CT molecular complexity index is 658. The van der Waals surface area contributed by atoms with E-state index < -0.39 is 0 Å². The minimum Gasteiger partial charge on any atom is -0.308 e. The van der Waals surface area contributed by atoms with E-state index in [0.29, 0.717) is 12.1 Å². The number of hydrogen-bond donors (Lipinski definition) is 1. The Labute approximate surface area is 118 Å². The maximum Gasteiger partial charge on any atom is 0.160 e. The lowest BCUT2D eigenvalue weighted by atomic mass is 9.93. The number of hydrogen-bond acceptors (Lipinski definition) is 3. The van der Waals surface area contributed by atoms with Gasteiger partial charge in [0, 0.05) is 12.2 Å². The van der Waals surface area contributed by atoms with Crippen LogP contribution >= 0.6 is 0 Å². The first-order valence-electron chi connectivity index (χ1n) is 7.98. The molecule has 0 amide bonds. The van der Waals surface area contributed by atoms with Gasteiger partial charge in [-0.2, -0.15) is 0 Å². The van der Waals surface area contributed by atoms with Crippen molar-refractivity contribution in [3.05, 3.63) is 24.2 Å². The summed E-state index contributed by atoms with van der Waals surface area (Å²) in [4.78, 5) is 9.55. The zero-order chi connectivity index (χ0) is 13.1. The molecule has 4 heteroatoms. The number of nitrogens with one attached hydrogen (secondary N) is 1. The molecule has 3 fully saturated rings.